The molecule has 0 spiro atoms. The fraction of sp³-hybridized carbons (Fsp3) is 0.286. The predicted octanol–water partition coefficient (Wildman–Crippen LogP) is 3.04. The zero-order valence-corrected chi connectivity index (χ0v) is 16.3. The van der Waals surface area contributed by atoms with Crippen LogP contribution < -0.4 is 0 Å². The van der Waals surface area contributed by atoms with Crippen LogP contribution in [0.5, 0.6) is 0 Å². The maximum atomic E-state index is 13.3. The van der Waals surface area contributed by atoms with E-state index in [4.69, 9.17) is 0 Å². The van der Waals surface area contributed by atoms with E-state index < -0.39 is 0 Å². The summed E-state index contributed by atoms with van der Waals surface area (Å²) in [5.74, 6) is 2.26. The molecule has 0 unspecified atom stereocenters. The maximum Gasteiger partial charge on any atom is 0.254 e. The first-order valence-electron chi connectivity index (χ1n) is 9.68. The molecule has 1 N–H and O–H groups in total. The van der Waals surface area contributed by atoms with Gasteiger partial charge in [-0.15, -0.1) is 0 Å². The highest BCUT2D eigenvalue weighted by atomic mass is 16.2. The second kappa shape index (κ2) is 6.80. The van der Waals surface area contributed by atoms with Gasteiger partial charge in [0.05, 0.1) is 17.1 Å². The SMILES string of the molecule is Cc1nc2cc(C(=O)N3CCC[C@H]3c3nc(-c4ccncc4)n[nH]3)ccc2n1C. The first-order chi connectivity index (χ1) is 14.1. The average Bonchev–Trinajstić information content (AvgIpc) is 3.47. The molecule has 1 amide bonds. The van der Waals surface area contributed by atoms with Gasteiger partial charge in [-0.3, -0.25) is 14.9 Å². The fourth-order valence-corrected chi connectivity index (χ4v) is 3.97. The maximum absolute atomic E-state index is 13.3. The van der Waals surface area contributed by atoms with E-state index in [1.807, 2.05) is 53.8 Å². The van der Waals surface area contributed by atoms with E-state index >= 15 is 0 Å². The van der Waals surface area contributed by atoms with Gasteiger partial charge in [0.1, 0.15) is 11.6 Å². The number of nitrogens with one attached hydrogen (secondary N) is 1. The van der Waals surface area contributed by atoms with Gasteiger partial charge in [0.25, 0.3) is 5.91 Å². The van der Waals surface area contributed by atoms with Crippen LogP contribution in [0, 0.1) is 6.92 Å². The lowest BCUT2D eigenvalue weighted by atomic mass is 10.1. The minimum Gasteiger partial charge on any atom is -0.331 e. The Morgan fingerprint density at radius 1 is 1.17 bits per heavy atom. The minimum absolute atomic E-state index is 0.000401. The second-order valence-corrected chi connectivity index (χ2v) is 7.36. The lowest BCUT2D eigenvalue weighted by molar-refractivity contribution is 0.0730. The van der Waals surface area contributed by atoms with E-state index in [-0.39, 0.29) is 11.9 Å². The van der Waals surface area contributed by atoms with Crippen LogP contribution in [0.3, 0.4) is 0 Å². The van der Waals surface area contributed by atoms with Crippen molar-refractivity contribution in [3.63, 3.8) is 0 Å². The van der Waals surface area contributed by atoms with Gasteiger partial charge in [0, 0.05) is 37.1 Å². The number of pyridine rings is 1. The molecule has 4 heterocycles. The Bertz CT molecular complexity index is 1190. The van der Waals surface area contributed by atoms with Crippen LogP contribution in [0.1, 0.15) is 40.9 Å². The van der Waals surface area contributed by atoms with Crippen LogP contribution in [0.25, 0.3) is 22.4 Å². The number of benzene rings is 1. The van der Waals surface area contributed by atoms with E-state index in [0.29, 0.717) is 17.9 Å². The lowest BCUT2D eigenvalue weighted by Crippen LogP contribution is -2.31. The Morgan fingerprint density at radius 3 is 2.83 bits per heavy atom. The number of amides is 1. The molecule has 0 radical (unpaired) electrons. The molecule has 1 aromatic carbocycles. The van der Waals surface area contributed by atoms with Gasteiger partial charge < -0.3 is 9.47 Å². The topological polar surface area (TPSA) is 92.6 Å². The van der Waals surface area contributed by atoms with Crippen molar-refractivity contribution in [3.05, 3.63) is 59.9 Å². The zero-order valence-electron chi connectivity index (χ0n) is 16.3. The molecule has 1 saturated heterocycles. The predicted molar refractivity (Wildman–Crippen MR) is 108 cm³/mol. The van der Waals surface area contributed by atoms with Crippen molar-refractivity contribution in [1.29, 1.82) is 0 Å². The third kappa shape index (κ3) is 2.97. The standard InChI is InChI=1S/C21H21N7O/c1-13-23-16-12-15(5-6-17(16)27(13)2)21(29)28-11-3-4-18(28)20-24-19(25-26-20)14-7-9-22-10-8-14/h5-10,12,18H,3-4,11H2,1-2H3,(H,24,25,26)/t18-/m0/s1. The summed E-state index contributed by atoms with van der Waals surface area (Å²) >= 11 is 0. The molecule has 4 aromatic rings. The molecule has 5 rings (SSSR count). The van der Waals surface area contributed by atoms with Crippen LogP contribution in [-0.2, 0) is 7.05 Å². The molecule has 1 aliphatic rings. The molecular weight excluding hydrogens is 366 g/mol. The van der Waals surface area contributed by atoms with Crippen molar-refractivity contribution in [2.75, 3.05) is 6.54 Å². The van der Waals surface area contributed by atoms with Gasteiger partial charge in [-0.25, -0.2) is 9.97 Å². The largest absolute Gasteiger partial charge is 0.331 e. The summed E-state index contributed by atoms with van der Waals surface area (Å²) in [6.07, 6.45) is 5.23. The summed E-state index contributed by atoms with van der Waals surface area (Å²) in [5, 5.41) is 7.37. The normalized spacial score (nSPS) is 16.6. The van der Waals surface area contributed by atoms with Crippen molar-refractivity contribution < 1.29 is 4.79 Å². The molecule has 3 aromatic heterocycles. The highest BCUT2D eigenvalue weighted by molar-refractivity contribution is 5.97. The molecule has 1 fully saturated rings. The number of aromatic nitrogens is 6. The van der Waals surface area contributed by atoms with E-state index in [1.54, 1.807) is 12.4 Å². The number of hydrogen-bond acceptors (Lipinski definition) is 5. The van der Waals surface area contributed by atoms with Gasteiger partial charge in [-0.05, 0) is 50.1 Å². The Hall–Kier alpha value is -3.55. The molecule has 146 valence electrons. The first kappa shape index (κ1) is 17.5. The number of imidazole rings is 1. The monoisotopic (exact) mass is 387 g/mol. The van der Waals surface area contributed by atoms with Gasteiger partial charge in [-0.1, -0.05) is 0 Å². The summed E-state index contributed by atoms with van der Waals surface area (Å²) in [6, 6.07) is 9.35. The van der Waals surface area contributed by atoms with Crippen molar-refractivity contribution in [2.24, 2.45) is 7.05 Å². The third-order valence-corrected chi connectivity index (χ3v) is 5.62. The Kier molecular flexibility index (Phi) is 4.12. The number of hydrogen-bond donors (Lipinski definition) is 1. The summed E-state index contributed by atoms with van der Waals surface area (Å²) < 4.78 is 2.03. The molecule has 8 heteroatoms. The van der Waals surface area contributed by atoms with Crippen LogP contribution in [0.2, 0.25) is 0 Å². The Morgan fingerprint density at radius 2 is 2.00 bits per heavy atom. The Balaban J connectivity index is 1.43. The number of fused-ring (bicyclic) bond motifs is 1. The Labute approximate surface area is 167 Å². The number of aryl methyl sites for hydroxylation is 2. The van der Waals surface area contributed by atoms with Gasteiger partial charge in [0.2, 0.25) is 0 Å². The number of carbonyl (C=O) groups excluding carboxylic acids is 1. The lowest BCUT2D eigenvalue weighted by Gasteiger charge is -2.23. The summed E-state index contributed by atoms with van der Waals surface area (Å²) in [4.78, 5) is 28.4. The van der Waals surface area contributed by atoms with E-state index in [2.05, 4.69) is 25.1 Å². The second-order valence-electron chi connectivity index (χ2n) is 7.36. The number of rotatable bonds is 3. The molecule has 29 heavy (non-hydrogen) atoms. The van der Waals surface area contributed by atoms with Crippen LogP contribution in [0.15, 0.2) is 42.7 Å². The summed E-state index contributed by atoms with van der Waals surface area (Å²) in [6.45, 7) is 2.66. The van der Waals surface area contributed by atoms with Gasteiger partial charge in [0.15, 0.2) is 5.82 Å². The third-order valence-electron chi connectivity index (χ3n) is 5.62. The average molecular weight is 387 g/mol. The zero-order chi connectivity index (χ0) is 20.0. The minimum atomic E-state index is -0.105. The van der Waals surface area contributed by atoms with Crippen molar-refractivity contribution >= 4 is 16.9 Å². The molecule has 8 nitrogen and oxygen atoms in total. The smallest absolute Gasteiger partial charge is 0.254 e. The highest BCUT2D eigenvalue weighted by Crippen LogP contribution is 2.32. The van der Waals surface area contributed by atoms with Gasteiger partial charge in [-0.2, -0.15) is 5.10 Å². The quantitative estimate of drug-likeness (QED) is 0.583. The van der Waals surface area contributed by atoms with Gasteiger partial charge >= 0.3 is 0 Å². The molecule has 1 aliphatic heterocycles. The van der Waals surface area contributed by atoms with E-state index in [1.165, 1.54) is 0 Å². The van der Waals surface area contributed by atoms with Crippen molar-refractivity contribution in [1.82, 2.24) is 34.6 Å². The molecule has 0 bridgehead atoms. The molecule has 0 aliphatic carbocycles. The number of nitrogens with zero attached hydrogens (tertiary/aromatic N) is 6. The van der Waals surface area contributed by atoms with Crippen LogP contribution >= 0.6 is 0 Å². The van der Waals surface area contributed by atoms with Crippen LogP contribution in [0.4, 0.5) is 0 Å². The molecule has 1 atom stereocenters. The molecule has 0 saturated carbocycles. The summed E-state index contributed by atoms with van der Waals surface area (Å²) in [5.41, 5.74) is 3.41. The van der Waals surface area contributed by atoms with Crippen LogP contribution in [-0.4, -0.2) is 47.1 Å². The number of carbonyl (C=O) groups is 1. The number of aromatic amines is 1. The fourth-order valence-electron chi connectivity index (χ4n) is 3.97. The highest BCUT2D eigenvalue weighted by Gasteiger charge is 2.33. The van der Waals surface area contributed by atoms with Crippen molar-refractivity contribution in [3.8, 4) is 11.4 Å². The van der Waals surface area contributed by atoms with E-state index in [0.717, 1.165) is 41.1 Å². The number of likely N-dealkylation sites (tertiary alicyclic amines) is 1. The number of H-pyrrole nitrogens is 1. The molecular formula is C21H21N7O. The first-order valence-corrected chi connectivity index (χ1v) is 9.68. The van der Waals surface area contributed by atoms with Crippen molar-refractivity contribution in [2.45, 2.75) is 25.8 Å². The van der Waals surface area contributed by atoms with E-state index in [9.17, 15) is 4.79 Å². The summed E-state index contributed by atoms with van der Waals surface area (Å²) in [7, 11) is 1.98.